The number of aldehydes is 1. The van der Waals surface area contributed by atoms with Crippen molar-refractivity contribution in [3.05, 3.63) is 23.4 Å². The molecule has 0 atom stereocenters. The smallest absolute Gasteiger partial charge is 0.150 e. The first-order valence-electron chi connectivity index (χ1n) is 5.88. The van der Waals surface area contributed by atoms with Crippen LogP contribution in [0.4, 0.5) is 5.82 Å². The summed E-state index contributed by atoms with van der Waals surface area (Å²) in [4.78, 5) is 15.5. The molecule has 0 aliphatic rings. The van der Waals surface area contributed by atoms with Gasteiger partial charge in [-0.05, 0) is 32.3 Å². The van der Waals surface area contributed by atoms with Crippen molar-refractivity contribution in [1.29, 1.82) is 0 Å². The summed E-state index contributed by atoms with van der Waals surface area (Å²) in [5, 5.41) is 3.36. The Hall–Kier alpha value is -1.38. The Bertz CT molecular complexity index is 411. The molecular weight excluding hydrogens is 212 g/mol. The van der Waals surface area contributed by atoms with Gasteiger partial charge in [-0.25, -0.2) is 4.98 Å². The first-order valence-corrected chi connectivity index (χ1v) is 5.88. The molecule has 0 saturated heterocycles. The van der Waals surface area contributed by atoms with Gasteiger partial charge in [-0.1, -0.05) is 20.8 Å². The highest BCUT2D eigenvalue weighted by Gasteiger charge is 2.24. The Labute approximate surface area is 104 Å². The van der Waals surface area contributed by atoms with E-state index in [9.17, 15) is 4.79 Å². The molecule has 0 aromatic carbocycles. The lowest BCUT2D eigenvalue weighted by atomic mass is 9.84. The molecule has 0 amide bonds. The van der Waals surface area contributed by atoms with Gasteiger partial charge >= 0.3 is 0 Å². The van der Waals surface area contributed by atoms with E-state index in [1.54, 1.807) is 12.3 Å². The molecule has 0 saturated carbocycles. The summed E-state index contributed by atoms with van der Waals surface area (Å²) in [6.07, 6.45) is 2.57. The second-order valence-electron chi connectivity index (χ2n) is 6.37. The van der Waals surface area contributed by atoms with E-state index < -0.39 is 0 Å². The number of pyridine rings is 1. The summed E-state index contributed by atoms with van der Waals surface area (Å²) in [6, 6.07) is 1.77. The van der Waals surface area contributed by atoms with E-state index in [1.165, 1.54) is 0 Å². The molecule has 0 fully saturated rings. The fraction of sp³-hybridized carbons (Fsp3) is 0.571. The highest BCUT2D eigenvalue weighted by atomic mass is 16.1. The number of nitrogens with one attached hydrogen (secondary N) is 1. The summed E-state index contributed by atoms with van der Waals surface area (Å²) in [7, 11) is 0. The molecule has 0 bridgehead atoms. The minimum Gasteiger partial charge on any atom is -0.365 e. The Morgan fingerprint density at radius 2 is 1.76 bits per heavy atom. The third kappa shape index (κ3) is 3.55. The van der Waals surface area contributed by atoms with Crippen LogP contribution >= 0.6 is 0 Å². The van der Waals surface area contributed by atoms with Gasteiger partial charge in [-0.15, -0.1) is 0 Å². The highest BCUT2D eigenvalue weighted by Crippen LogP contribution is 2.31. The van der Waals surface area contributed by atoms with Crippen molar-refractivity contribution in [3.63, 3.8) is 0 Å². The van der Waals surface area contributed by atoms with Crippen LogP contribution in [0.25, 0.3) is 0 Å². The Kier molecular flexibility index (Phi) is 3.60. The zero-order chi connectivity index (χ0) is 13.3. The molecule has 0 aliphatic heterocycles. The number of carbonyl (C=O) groups is 1. The fourth-order valence-electron chi connectivity index (χ4n) is 1.81. The number of rotatable bonds is 2. The minimum absolute atomic E-state index is 0.0749. The van der Waals surface area contributed by atoms with E-state index in [0.717, 1.165) is 17.7 Å². The van der Waals surface area contributed by atoms with Crippen molar-refractivity contribution in [3.8, 4) is 0 Å². The standard InChI is InChI=1S/C14H22N2O/c1-13(2,3)11-10(9-17)7-8-15-12(11)16-14(4,5)6/h7-9H,1-6H3,(H,15,16). The molecule has 1 rings (SSSR count). The van der Waals surface area contributed by atoms with Crippen molar-refractivity contribution in [2.24, 2.45) is 0 Å². The van der Waals surface area contributed by atoms with Crippen LogP contribution in [-0.4, -0.2) is 16.8 Å². The van der Waals surface area contributed by atoms with Gasteiger partial charge in [-0.3, -0.25) is 4.79 Å². The van der Waals surface area contributed by atoms with Crippen molar-refractivity contribution < 1.29 is 4.79 Å². The van der Waals surface area contributed by atoms with E-state index >= 15 is 0 Å². The monoisotopic (exact) mass is 234 g/mol. The van der Waals surface area contributed by atoms with E-state index in [0.29, 0.717) is 5.56 Å². The van der Waals surface area contributed by atoms with Crippen LogP contribution in [0.2, 0.25) is 0 Å². The van der Waals surface area contributed by atoms with Gasteiger partial charge in [0, 0.05) is 22.9 Å². The van der Waals surface area contributed by atoms with Crippen LogP contribution in [0.5, 0.6) is 0 Å². The second-order valence-corrected chi connectivity index (χ2v) is 6.37. The molecule has 3 heteroatoms. The molecular formula is C14H22N2O. The molecule has 1 aromatic rings. The van der Waals surface area contributed by atoms with E-state index in [1.807, 2.05) is 0 Å². The normalized spacial score (nSPS) is 12.4. The fourth-order valence-corrected chi connectivity index (χ4v) is 1.81. The summed E-state index contributed by atoms with van der Waals surface area (Å²) in [5.74, 6) is 0.801. The number of carbonyl (C=O) groups excluding carboxylic acids is 1. The van der Waals surface area contributed by atoms with Gasteiger partial charge in [0.1, 0.15) is 5.82 Å². The third-order valence-electron chi connectivity index (χ3n) is 2.35. The van der Waals surface area contributed by atoms with Crippen molar-refractivity contribution >= 4 is 12.1 Å². The van der Waals surface area contributed by atoms with Gasteiger partial charge < -0.3 is 5.32 Å². The summed E-state index contributed by atoms with van der Waals surface area (Å²) >= 11 is 0. The van der Waals surface area contributed by atoms with Crippen molar-refractivity contribution in [2.45, 2.75) is 52.5 Å². The van der Waals surface area contributed by atoms with Crippen LogP contribution in [0.15, 0.2) is 12.3 Å². The zero-order valence-electron chi connectivity index (χ0n) is 11.6. The maximum atomic E-state index is 11.1. The first-order chi connectivity index (χ1) is 7.65. The number of aromatic nitrogens is 1. The molecule has 0 spiro atoms. The Morgan fingerprint density at radius 3 is 2.18 bits per heavy atom. The van der Waals surface area contributed by atoms with Gasteiger partial charge in [0.15, 0.2) is 6.29 Å². The molecule has 3 nitrogen and oxygen atoms in total. The van der Waals surface area contributed by atoms with Gasteiger partial charge in [-0.2, -0.15) is 0 Å². The topological polar surface area (TPSA) is 42.0 Å². The lowest BCUT2D eigenvalue weighted by molar-refractivity contribution is 0.112. The first kappa shape index (κ1) is 13.7. The maximum absolute atomic E-state index is 11.1. The van der Waals surface area contributed by atoms with E-state index in [-0.39, 0.29) is 11.0 Å². The van der Waals surface area contributed by atoms with Crippen LogP contribution in [0, 0.1) is 0 Å². The predicted octanol–water partition coefficient (Wildman–Crippen LogP) is 3.40. The molecule has 0 unspecified atom stereocenters. The molecule has 1 aromatic heterocycles. The summed E-state index contributed by atoms with van der Waals surface area (Å²) < 4.78 is 0. The van der Waals surface area contributed by atoms with Crippen LogP contribution in [0.1, 0.15) is 57.5 Å². The van der Waals surface area contributed by atoms with Crippen LogP contribution in [-0.2, 0) is 5.41 Å². The molecule has 0 radical (unpaired) electrons. The zero-order valence-corrected chi connectivity index (χ0v) is 11.6. The quantitative estimate of drug-likeness (QED) is 0.797. The van der Waals surface area contributed by atoms with Gasteiger partial charge in [0.2, 0.25) is 0 Å². The van der Waals surface area contributed by atoms with Crippen molar-refractivity contribution in [1.82, 2.24) is 4.98 Å². The highest BCUT2D eigenvalue weighted by molar-refractivity contribution is 5.80. The van der Waals surface area contributed by atoms with Crippen LogP contribution in [0.3, 0.4) is 0 Å². The average Bonchev–Trinajstić information content (AvgIpc) is 2.12. The summed E-state index contributed by atoms with van der Waals surface area (Å²) in [6.45, 7) is 12.5. The third-order valence-corrected chi connectivity index (χ3v) is 2.35. The molecule has 17 heavy (non-hydrogen) atoms. The average molecular weight is 234 g/mol. The predicted molar refractivity (Wildman–Crippen MR) is 71.7 cm³/mol. The molecule has 1 heterocycles. The number of nitrogens with zero attached hydrogens (tertiary/aromatic N) is 1. The van der Waals surface area contributed by atoms with Gasteiger partial charge in [0.05, 0.1) is 0 Å². The number of anilines is 1. The lowest BCUT2D eigenvalue weighted by Gasteiger charge is -2.28. The van der Waals surface area contributed by atoms with E-state index in [2.05, 4.69) is 51.8 Å². The van der Waals surface area contributed by atoms with Crippen LogP contribution < -0.4 is 5.32 Å². The molecule has 1 N–H and O–H groups in total. The molecule has 94 valence electrons. The number of hydrogen-bond acceptors (Lipinski definition) is 3. The Balaban J connectivity index is 3.35. The maximum Gasteiger partial charge on any atom is 0.150 e. The molecule has 0 aliphatic carbocycles. The SMILES string of the molecule is CC(C)(C)Nc1nccc(C=O)c1C(C)(C)C. The van der Waals surface area contributed by atoms with Crippen molar-refractivity contribution in [2.75, 3.05) is 5.32 Å². The lowest BCUT2D eigenvalue weighted by Crippen LogP contribution is -2.29. The Morgan fingerprint density at radius 1 is 1.18 bits per heavy atom. The second kappa shape index (κ2) is 4.47. The summed E-state index contributed by atoms with van der Waals surface area (Å²) in [5.41, 5.74) is 1.50. The largest absolute Gasteiger partial charge is 0.365 e. The van der Waals surface area contributed by atoms with E-state index in [4.69, 9.17) is 0 Å². The number of hydrogen-bond donors (Lipinski definition) is 1. The van der Waals surface area contributed by atoms with Gasteiger partial charge in [0.25, 0.3) is 0 Å². The minimum atomic E-state index is -0.113.